The molecule has 0 fully saturated rings. The number of nitrogens with one attached hydrogen (secondary N) is 1. The normalized spacial score (nSPS) is 10.7. The van der Waals surface area contributed by atoms with Crippen molar-refractivity contribution in [1.82, 2.24) is 15.0 Å². The zero-order valence-corrected chi connectivity index (χ0v) is 14.0. The lowest BCUT2D eigenvalue weighted by atomic mass is 10.3. The molecule has 2 rings (SSSR count). The van der Waals surface area contributed by atoms with E-state index in [0.717, 1.165) is 37.4 Å². The highest BCUT2D eigenvalue weighted by Gasteiger charge is 2.04. The predicted octanol–water partition coefficient (Wildman–Crippen LogP) is 3.05. The molecule has 0 bridgehead atoms. The maximum absolute atomic E-state index is 4.56. The summed E-state index contributed by atoms with van der Waals surface area (Å²) in [7, 11) is 2.03. The van der Waals surface area contributed by atoms with Gasteiger partial charge in [-0.05, 0) is 33.3 Å². The van der Waals surface area contributed by atoms with Gasteiger partial charge >= 0.3 is 0 Å². The molecule has 0 saturated carbocycles. The second kappa shape index (κ2) is 7.36. The van der Waals surface area contributed by atoms with E-state index < -0.39 is 0 Å². The van der Waals surface area contributed by atoms with Crippen molar-refractivity contribution in [3.63, 3.8) is 0 Å². The second-order valence-corrected chi connectivity index (χ2v) is 6.32. The first-order valence-corrected chi connectivity index (χ1v) is 8.12. The largest absolute Gasteiger partial charge is 0.360 e. The highest BCUT2D eigenvalue weighted by atomic mass is 32.1. The number of anilines is 2. The summed E-state index contributed by atoms with van der Waals surface area (Å²) in [4.78, 5) is 16.7. The lowest BCUT2D eigenvalue weighted by Gasteiger charge is -2.15. The Kier molecular flexibility index (Phi) is 5.50. The van der Waals surface area contributed by atoms with Crippen molar-refractivity contribution in [2.24, 2.45) is 0 Å². The molecule has 2 aromatic heterocycles. The summed E-state index contributed by atoms with van der Waals surface area (Å²) >= 11 is 1.79. The molecule has 0 aliphatic carbocycles. The quantitative estimate of drug-likeness (QED) is 0.797. The Hall–Kier alpha value is -1.69. The average Bonchev–Trinajstić information content (AvgIpc) is 2.82. The zero-order valence-electron chi connectivity index (χ0n) is 13.2. The number of aryl methyl sites for hydroxylation is 3. The Labute approximate surface area is 130 Å². The topological polar surface area (TPSA) is 53.9 Å². The molecule has 0 radical (unpaired) electrons. The van der Waals surface area contributed by atoms with Crippen LogP contribution in [-0.2, 0) is 6.42 Å². The fraction of sp³-hybridized carbons (Fsp3) is 0.533. The van der Waals surface area contributed by atoms with Crippen LogP contribution < -0.4 is 10.2 Å². The maximum Gasteiger partial charge on any atom is 0.224 e. The number of aromatic nitrogens is 3. The molecule has 0 aromatic carbocycles. The minimum absolute atomic E-state index is 0.694. The summed E-state index contributed by atoms with van der Waals surface area (Å²) in [6.07, 6.45) is 3.83. The molecular formula is C15H23N5S. The lowest BCUT2D eigenvalue weighted by Crippen LogP contribution is -2.18. The fourth-order valence-electron chi connectivity index (χ4n) is 1.89. The highest BCUT2D eigenvalue weighted by molar-refractivity contribution is 7.11. The first kappa shape index (κ1) is 15.7. The molecule has 0 unspecified atom stereocenters. The van der Waals surface area contributed by atoms with E-state index >= 15 is 0 Å². The van der Waals surface area contributed by atoms with Crippen LogP contribution >= 0.6 is 11.3 Å². The van der Waals surface area contributed by atoms with Crippen molar-refractivity contribution >= 4 is 23.1 Å². The van der Waals surface area contributed by atoms with Crippen molar-refractivity contribution in [3.05, 3.63) is 27.8 Å². The molecule has 0 amide bonds. The van der Waals surface area contributed by atoms with Gasteiger partial charge in [-0.15, -0.1) is 11.3 Å². The smallest absolute Gasteiger partial charge is 0.224 e. The molecule has 1 N–H and O–H groups in total. The van der Waals surface area contributed by atoms with Crippen molar-refractivity contribution in [1.29, 1.82) is 0 Å². The van der Waals surface area contributed by atoms with E-state index in [0.29, 0.717) is 5.95 Å². The van der Waals surface area contributed by atoms with E-state index in [1.807, 2.05) is 13.1 Å². The molecule has 0 spiro atoms. The van der Waals surface area contributed by atoms with Crippen LogP contribution in [0.4, 0.5) is 11.8 Å². The van der Waals surface area contributed by atoms with Crippen LogP contribution in [0.2, 0.25) is 0 Å². The van der Waals surface area contributed by atoms with Crippen LogP contribution in [0.3, 0.4) is 0 Å². The fourth-order valence-corrected chi connectivity index (χ4v) is 2.87. The minimum Gasteiger partial charge on any atom is -0.360 e. The van der Waals surface area contributed by atoms with Crippen LogP contribution in [-0.4, -0.2) is 35.1 Å². The van der Waals surface area contributed by atoms with E-state index in [4.69, 9.17) is 0 Å². The van der Waals surface area contributed by atoms with E-state index in [2.05, 4.69) is 45.9 Å². The first-order valence-electron chi connectivity index (χ1n) is 7.31. The third kappa shape index (κ3) is 4.39. The van der Waals surface area contributed by atoms with Crippen molar-refractivity contribution in [3.8, 4) is 0 Å². The van der Waals surface area contributed by atoms with Gasteiger partial charge in [-0.25, -0.2) is 9.97 Å². The van der Waals surface area contributed by atoms with Gasteiger partial charge in [-0.3, -0.25) is 0 Å². The van der Waals surface area contributed by atoms with E-state index in [-0.39, 0.29) is 0 Å². The molecule has 2 aromatic rings. The average molecular weight is 305 g/mol. The summed E-state index contributed by atoms with van der Waals surface area (Å²) in [6.45, 7) is 8.08. The molecule has 0 aliphatic heterocycles. The maximum atomic E-state index is 4.56. The minimum atomic E-state index is 0.694. The molecule has 6 heteroatoms. The third-order valence-electron chi connectivity index (χ3n) is 3.43. The van der Waals surface area contributed by atoms with E-state index in [9.17, 15) is 0 Å². The molecule has 5 nitrogen and oxygen atoms in total. The van der Waals surface area contributed by atoms with Gasteiger partial charge in [0.05, 0.1) is 10.7 Å². The predicted molar refractivity (Wildman–Crippen MR) is 89.4 cm³/mol. The van der Waals surface area contributed by atoms with Gasteiger partial charge in [0.2, 0.25) is 5.95 Å². The summed E-state index contributed by atoms with van der Waals surface area (Å²) < 4.78 is 0. The summed E-state index contributed by atoms with van der Waals surface area (Å²) in [5.74, 6) is 1.64. The Morgan fingerprint density at radius 2 is 2.10 bits per heavy atom. The molecule has 21 heavy (non-hydrogen) atoms. The van der Waals surface area contributed by atoms with Gasteiger partial charge in [0.1, 0.15) is 5.82 Å². The van der Waals surface area contributed by atoms with Crippen LogP contribution in [0.5, 0.6) is 0 Å². The highest BCUT2D eigenvalue weighted by Crippen LogP contribution is 2.17. The molecule has 2 heterocycles. The van der Waals surface area contributed by atoms with Gasteiger partial charge in [0.25, 0.3) is 0 Å². The third-order valence-corrected chi connectivity index (χ3v) is 4.56. The van der Waals surface area contributed by atoms with Crippen LogP contribution in [0.1, 0.15) is 28.9 Å². The molecular weight excluding hydrogens is 282 g/mol. The summed E-state index contributed by atoms with van der Waals surface area (Å²) in [5.41, 5.74) is 1.15. The van der Waals surface area contributed by atoms with Gasteiger partial charge in [0, 0.05) is 37.6 Å². The van der Waals surface area contributed by atoms with E-state index in [1.165, 1.54) is 9.88 Å². The number of rotatable bonds is 7. The first-order chi connectivity index (χ1) is 10.1. The monoisotopic (exact) mass is 305 g/mol. The number of hydrogen-bond donors (Lipinski definition) is 1. The Morgan fingerprint density at radius 1 is 1.29 bits per heavy atom. The van der Waals surface area contributed by atoms with Gasteiger partial charge in [-0.1, -0.05) is 0 Å². The molecule has 0 atom stereocenters. The Bertz CT molecular complexity index is 562. The zero-order chi connectivity index (χ0) is 15.2. The van der Waals surface area contributed by atoms with Crippen LogP contribution in [0.25, 0.3) is 0 Å². The van der Waals surface area contributed by atoms with Gasteiger partial charge < -0.3 is 10.2 Å². The standard InChI is InChI=1S/C15H23N5S/c1-5-20(4)13-8-10-17-15(19-13)16-9-6-7-14-18-11(2)12(3)21-14/h8,10H,5-7,9H2,1-4H3,(H,16,17,19). The van der Waals surface area contributed by atoms with Crippen molar-refractivity contribution in [2.75, 3.05) is 30.4 Å². The Balaban J connectivity index is 1.80. The molecule has 114 valence electrons. The Morgan fingerprint density at radius 3 is 2.76 bits per heavy atom. The molecule has 0 aliphatic rings. The summed E-state index contributed by atoms with van der Waals surface area (Å²) in [6, 6.07) is 1.93. The van der Waals surface area contributed by atoms with Crippen molar-refractivity contribution < 1.29 is 0 Å². The lowest BCUT2D eigenvalue weighted by molar-refractivity contribution is 0.839. The number of thiazole rings is 1. The van der Waals surface area contributed by atoms with Gasteiger partial charge in [0.15, 0.2) is 0 Å². The van der Waals surface area contributed by atoms with E-state index in [1.54, 1.807) is 17.5 Å². The summed E-state index contributed by atoms with van der Waals surface area (Å²) in [5, 5.41) is 4.50. The number of nitrogens with zero attached hydrogens (tertiary/aromatic N) is 4. The van der Waals surface area contributed by atoms with Crippen LogP contribution in [0.15, 0.2) is 12.3 Å². The number of hydrogen-bond acceptors (Lipinski definition) is 6. The van der Waals surface area contributed by atoms with Crippen molar-refractivity contribution in [2.45, 2.75) is 33.6 Å². The van der Waals surface area contributed by atoms with Crippen LogP contribution in [0, 0.1) is 13.8 Å². The second-order valence-electron chi connectivity index (χ2n) is 5.03. The SMILES string of the molecule is CCN(C)c1ccnc(NCCCc2nc(C)c(C)s2)n1. The molecule has 0 saturated heterocycles. The van der Waals surface area contributed by atoms with Gasteiger partial charge in [-0.2, -0.15) is 4.98 Å².